The van der Waals surface area contributed by atoms with Gasteiger partial charge in [-0.05, 0) is 37.3 Å². The number of ether oxygens (including phenoxy) is 1. The molecule has 5 heteroatoms. The van der Waals surface area contributed by atoms with Crippen LogP contribution >= 0.6 is 11.6 Å². The van der Waals surface area contributed by atoms with Crippen LogP contribution in [0.25, 0.3) is 0 Å². The smallest absolute Gasteiger partial charge is 0.124 e. The summed E-state index contributed by atoms with van der Waals surface area (Å²) in [5.74, 6) is 0.966. The molecule has 2 aromatic carbocycles. The Bertz CT molecular complexity index is 631. The van der Waals surface area contributed by atoms with Crippen LogP contribution < -0.4 is 10.1 Å². The summed E-state index contributed by atoms with van der Waals surface area (Å²) in [4.78, 5) is 0. The van der Waals surface area contributed by atoms with E-state index < -0.39 is 0 Å². The number of benzene rings is 2. The van der Waals surface area contributed by atoms with Crippen LogP contribution in [0.3, 0.4) is 0 Å². The Kier molecular flexibility index (Phi) is 4.94. The zero-order valence-corrected chi connectivity index (χ0v) is 12.7. The van der Waals surface area contributed by atoms with Crippen molar-refractivity contribution in [2.75, 3.05) is 7.11 Å². The molecule has 1 atom stereocenters. The van der Waals surface area contributed by atoms with Crippen molar-refractivity contribution in [2.24, 2.45) is 0 Å². The first-order chi connectivity index (χ1) is 10.0. The van der Waals surface area contributed by atoms with Crippen molar-refractivity contribution in [1.82, 2.24) is 5.32 Å². The van der Waals surface area contributed by atoms with Gasteiger partial charge in [0.25, 0.3) is 0 Å². The van der Waals surface area contributed by atoms with Crippen molar-refractivity contribution in [1.29, 1.82) is 0 Å². The van der Waals surface area contributed by atoms with Gasteiger partial charge in [-0.15, -0.1) is 0 Å². The highest BCUT2D eigenvalue weighted by Gasteiger charge is 2.13. The third-order valence-electron chi connectivity index (χ3n) is 3.36. The molecule has 1 unspecified atom stereocenters. The fourth-order valence-corrected chi connectivity index (χ4v) is 2.39. The molecule has 4 nitrogen and oxygen atoms in total. The van der Waals surface area contributed by atoms with Gasteiger partial charge in [-0.1, -0.05) is 17.7 Å². The predicted octanol–water partition coefficient (Wildman–Crippen LogP) is 3.61. The maximum absolute atomic E-state index is 9.86. The third-order valence-corrected chi connectivity index (χ3v) is 3.71. The van der Waals surface area contributed by atoms with E-state index >= 15 is 0 Å². The summed E-state index contributed by atoms with van der Waals surface area (Å²) in [5, 5.41) is 23.3. The van der Waals surface area contributed by atoms with Crippen molar-refractivity contribution < 1.29 is 14.9 Å². The van der Waals surface area contributed by atoms with Crippen molar-refractivity contribution in [3.8, 4) is 17.2 Å². The second kappa shape index (κ2) is 6.70. The number of nitrogens with one attached hydrogen (secondary N) is 1. The van der Waals surface area contributed by atoms with Gasteiger partial charge in [0.15, 0.2) is 0 Å². The second-order valence-electron chi connectivity index (χ2n) is 4.77. The molecule has 0 aliphatic heterocycles. The summed E-state index contributed by atoms with van der Waals surface area (Å²) < 4.78 is 5.29. The maximum atomic E-state index is 9.86. The molecular formula is C16H18ClNO3. The van der Waals surface area contributed by atoms with E-state index in [9.17, 15) is 10.2 Å². The number of hydrogen-bond acceptors (Lipinski definition) is 4. The van der Waals surface area contributed by atoms with Gasteiger partial charge in [-0.3, -0.25) is 0 Å². The Hall–Kier alpha value is -1.91. The number of phenols is 2. The standard InChI is InChI=1S/C16H18ClNO3/c1-10(12-8-11(19)6-7-15(12)20)18-9-13-14(17)4-3-5-16(13)21-2/h3-8,10,18-20H,9H2,1-2H3. The van der Waals surface area contributed by atoms with Crippen molar-refractivity contribution in [3.05, 3.63) is 52.5 Å². The van der Waals surface area contributed by atoms with Crippen molar-refractivity contribution in [3.63, 3.8) is 0 Å². The zero-order chi connectivity index (χ0) is 15.4. The number of phenolic OH excluding ortho intramolecular Hbond substituents is 2. The Morgan fingerprint density at radius 3 is 2.71 bits per heavy atom. The van der Waals surface area contributed by atoms with E-state index in [4.69, 9.17) is 16.3 Å². The quantitative estimate of drug-likeness (QED) is 0.738. The van der Waals surface area contributed by atoms with E-state index in [1.54, 1.807) is 13.2 Å². The average Bonchev–Trinajstić information content (AvgIpc) is 2.47. The van der Waals surface area contributed by atoms with Crippen LogP contribution in [0.4, 0.5) is 0 Å². The van der Waals surface area contributed by atoms with Gasteiger partial charge in [0, 0.05) is 28.7 Å². The Morgan fingerprint density at radius 1 is 1.24 bits per heavy atom. The third kappa shape index (κ3) is 3.60. The van der Waals surface area contributed by atoms with Crippen LogP contribution in [0, 0.1) is 0 Å². The molecule has 21 heavy (non-hydrogen) atoms. The van der Waals surface area contributed by atoms with Gasteiger partial charge < -0.3 is 20.3 Å². The molecule has 0 saturated carbocycles. The Balaban J connectivity index is 2.15. The molecule has 0 aromatic heterocycles. The first kappa shape index (κ1) is 15.5. The van der Waals surface area contributed by atoms with E-state index in [-0.39, 0.29) is 17.5 Å². The summed E-state index contributed by atoms with van der Waals surface area (Å²) >= 11 is 6.18. The summed E-state index contributed by atoms with van der Waals surface area (Å²) in [6.45, 7) is 2.39. The molecule has 3 N–H and O–H groups in total. The minimum atomic E-state index is -0.155. The summed E-state index contributed by atoms with van der Waals surface area (Å²) in [6, 6.07) is 9.78. The predicted molar refractivity (Wildman–Crippen MR) is 83.0 cm³/mol. The Morgan fingerprint density at radius 2 is 2.00 bits per heavy atom. The van der Waals surface area contributed by atoms with E-state index in [1.165, 1.54) is 18.2 Å². The fourth-order valence-electron chi connectivity index (χ4n) is 2.16. The van der Waals surface area contributed by atoms with E-state index in [2.05, 4.69) is 5.32 Å². The van der Waals surface area contributed by atoms with Crippen LogP contribution in [0.1, 0.15) is 24.1 Å². The molecule has 0 amide bonds. The Labute approximate surface area is 129 Å². The lowest BCUT2D eigenvalue weighted by atomic mass is 10.1. The lowest BCUT2D eigenvalue weighted by Gasteiger charge is -2.17. The average molecular weight is 308 g/mol. The van der Waals surface area contributed by atoms with E-state index in [1.807, 2.05) is 19.1 Å². The van der Waals surface area contributed by atoms with Crippen LogP contribution in [-0.2, 0) is 6.54 Å². The molecule has 0 saturated heterocycles. The highest BCUT2D eigenvalue weighted by molar-refractivity contribution is 6.31. The molecule has 2 rings (SSSR count). The largest absolute Gasteiger partial charge is 0.508 e. The van der Waals surface area contributed by atoms with E-state index in [0.717, 1.165) is 5.56 Å². The van der Waals surface area contributed by atoms with Crippen LogP contribution in [-0.4, -0.2) is 17.3 Å². The second-order valence-corrected chi connectivity index (χ2v) is 5.17. The normalized spacial score (nSPS) is 12.1. The van der Waals surface area contributed by atoms with Crippen LogP contribution in [0.15, 0.2) is 36.4 Å². The number of aromatic hydroxyl groups is 2. The van der Waals surface area contributed by atoms with Crippen LogP contribution in [0.5, 0.6) is 17.2 Å². The topological polar surface area (TPSA) is 61.7 Å². The molecular weight excluding hydrogens is 290 g/mol. The maximum Gasteiger partial charge on any atom is 0.124 e. The van der Waals surface area contributed by atoms with Crippen molar-refractivity contribution >= 4 is 11.6 Å². The van der Waals surface area contributed by atoms with Gasteiger partial charge in [0.1, 0.15) is 17.2 Å². The lowest BCUT2D eigenvalue weighted by Crippen LogP contribution is -2.18. The molecule has 0 spiro atoms. The highest BCUT2D eigenvalue weighted by Crippen LogP contribution is 2.30. The van der Waals surface area contributed by atoms with Gasteiger partial charge in [0.05, 0.1) is 7.11 Å². The van der Waals surface area contributed by atoms with Gasteiger partial charge in [0.2, 0.25) is 0 Å². The summed E-state index contributed by atoms with van der Waals surface area (Å²) in [5.41, 5.74) is 1.48. The molecule has 0 aliphatic rings. The first-order valence-electron chi connectivity index (χ1n) is 6.59. The van der Waals surface area contributed by atoms with Gasteiger partial charge in [-0.2, -0.15) is 0 Å². The summed E-state index contributed by atoms with van der Waals surface area (Å²) in [7, 11) is 1.60. The minimum Gasteiger partial charge on any atom is -0.508 e. The molecule has 112 valence electrons. The minimum absolute atomic E-state index is 0.117. The number of halogens is 1. The van der Waals surface area contributed by atoms with Crippen molar-refractivity contribution in [2.45, 2.75) is 19.5 Å². The number of rotatable bonds is 5. The summed E-state index contributed by atoms with van der Waals surface area (Å²) in [6.07, 6.45) is 0. The number of methoxy groups -OCH3 is 1. The fraction of sp³-hybridized carbons (Fsp3) is 0.250. The van der Waals surface area contributed by atoms with Gasteiger partial charge in [-0.25, -0.2) is 0 Å². The lowest BCUT2D eigenvalue weighted by molar-refractivity contribution is 0.404. The molecule has 0 fully saturated rings. The SMILES string of the molecule is COc1cccc(Cl)c1CNC(C)c1cc(O)ccc1O. The number of hydrogen-bond donors (Lipinski definition) is 3. The molecule has 2 aromatic rings. The monoisotopic (exact) mass is 307 g/mol. The zero-order valence-electron chi connectivity index (χ0n) is 11.9. The molecule has 0 radical (unpaired) electrons. The van der Waals surface area contributed by atoms with Gasteiger partial charge >= 0.3 is 0 Å². The first-order valence-corrected chi connectivity index (χ1v) is 6.97. The van der Waals surface area contributed by atoms with E-state index in [0.29, 0.717) is 22.9 Å². The molecule has 0 bridgehead atoms. The van der Waals surface area contributed by atoms with Crippen LogP contribution in [0.2, 0.25) is 5.02 Å². The highest BCUT2D eigenvalue weighted by atomic mass is 35.5. The molecule has 0 heterocycles. The molecule has 0 aliphatic carbocycles.